The number of esters is 1. The highest BCUT2D eigenvalue weighted by molar-refractivity contribution is 5.87. The molecule has 2 aromatic carbocycles. The Labute approximate surface area is 155 Å². The summed E-state index contributed by atoms with van der Waals surface area (Å²) in [5.74, 6) is -0.343. The SMILES string of the molecule is Cc1ccc2c(COC(=O)Cc3c[nH]c4ccccc34)cc(=O)oc2c1C. The van der Waals surface area contributed by atoms with Gasteiger partial charge in [0.2, 0.25) is 0 Å². The fourth-order valence-electron chi connectivity index (χ4n) is 3.29. The number of carbonyl (C=O) groups is 1. The van der Waals surface area contributed by atoms with E-state index in [4.69, 9.17) is 9.15 Å². The number of hydrogen-bond donors (Lipinski definition) is 1. The van der Waals surface area contributed by atoms with E-state index in [0.29, 0.717) is 11.1 Å². The Morgan fingerprint density at radius 1 is 1.07 bits per heavy atom. The summed E-state index contributed by atoms with van der Waals surface area (Å²) in [7, 11) is 0. The van der Waals surface area contributed by atoms with Crippen molar-refractivity contribution in [1.82, 2.24) is 4.98 Å². The number of aryl methyl sites for hydroxylation is 2. The van der Waals surface area contributed by atoms with E-state index >= 15 is 0 Å². The number of nitrogens with one attached hydrogen (secondary N) is 1. The minimum absolute atomic E-state index is 0.0335. The van der Waals surface area contributed by atoms with Crippen LogP contribution in [0.25, 0.3) is 21.9 Å². The minimum Gasteiger partial charge on any atom is -0.461 e. The highest BCUT2D eigenvalue weighted by Gasteiger charge is 2.13. The van der Waals surface area contributed by atoms with Crippen LogP contribution in [0.2, 0.25) is 0 Å². The number of aromatic nitrogens is 1. The van der Waals surface area contributed by atoms with Crippen LogP contribution in [0, 0.1) is 13.8 Å². The van der Waals surface area contributed by atoms with Gasteiger partial charge in [-0.2, -0.15) is 0 Å². The van der Waals surface area contributed by atoms with Crippen LogP contribution in [0.15, 0.2) is 57.9 Å². The molecule has 27 heavy (non-hydrogen) atoms. The zero-order valence-corrected chi connectivity index (χ0v) is 15.2. The highest BCUT2D eigenvalue weighted by atomic mass is 16.5. The summed E-state index contributed by atoms with van der Waals surface area (Å²) >= 11 is 0. The van der Waals surface area contributed by atoms with E-state index in [1.54, 1.807) is 0 Å². The Hall–Kier alpha value is -3.34. The van der Waals surface area contributed by atoms with E-state index in [0.717, 1.165) is 33.0 Å². The van der Waals surface area contributed by atoms with Crippen LogP contribution in [-0.2, 0) is 22.6 Å². The molecule has 0 radical (unpaired) electrons. The molecule has 0 atom stereocenters. The number of rotatable bonds is 4. The molecule has 0 saturated heterocycles. The van der Waals surface area contributed by atoms with Gasteiger partial charge in [0.1, 0.15) is 12.2 Å². The molecule has 136 valence electrons. The molecule has 5 nitrogen and oxygen atoms in total. The van der Waals surface area contributed by atoms with Gasteiger partial charge in [0.25, 0.3) is 0 Å². The Balaban J connectivity index is 1.56. The van der Waals surface area contributed by atoms with Crippen molar-refractivity contribution in [2.75, 3.05) is 0 Å². The predicted octanol–water partition coefficient (Wildman–Crippen LogP) is 4.18. The lowest BCUT2D eigenvalue weighted by Gasteiger charge is -2.09. The molecule has 2 heterocycles. The molecule has 0 aliphatic rings. The van der Waals surface area contributed by atoms with Crippen molar-refractivity contribution in [2.45, 2.75) is 26.9 Å². The zero-order chi connectivity index (χ0) is 19.0. The molecular weight excluding hydrogens is 342 g/mol. The van der Waals surface area contributed by atoms with Crippen LogP contribution in [0.4, 0.5) is 0 Å². The van der Waals surface area contributed by atoms with Crippen LogP contribution in [-0.4, -0.2) is 11.0 Å². The number of benzene rings is 2. The molecular formula is C22H19NO4. The Morgan fingerprint density at radius 2 is 1.89 bits per heavy atom. The second-order valence-corrected chi connectivity index (χ2v) is 6.67. The van der Waals surface area contributed by atoms with Crippen LogP contribution < -0.4 is 5.63 Å². The van der Waals surface area contributed by atoms with Crippen molar-refractivity contribution in [3.05, 3.63) is 81.3 Å². The summed E-state index contributed by atoms with van der Waals surface area (Å²) in [6.07, 6.45) is 1.99. The van der Waals surface area contributed by atoms with Gasteiger partial charge < -0.3 is 14.1 Å². The lowest BCUT2D eigenvalue weighted by molar-refractivity contribution is -0.144. The summed E-state index contributed by atoms with van der Waals surface area (Å²) in [5.41, 5.74) is 4.58. The van der Waals surface area contributed by atoms with Gasteiger partial charge in [-0.1, -0.05) is 30.3 Å². The van der Waals surface area contributed by atoms with Crippen molar-refractivity contribution in [3.8, 4) is 0 Å². The second kappa shape index (κ2) is 6.76. The maximum Gasteiger partial charge on any atom is 0.336 e. The average molecular weight is 361 g/mol. The molecule has 1 N–H and O–H groups in total. The maximum absolute atomic E-state index is 12.3. The topological polar surface area (TPSA) is 72.3 Å². The number of ether oxygens (including phenoxy) is 1. The smallest absolute Gasteiger partial charge is 0.336 e. The van der Waals surface area contributed by atoms with Gasteiger partial charge in [0, 0.05) is 34.1 Å². The first kappa shape index (κ1) is 17.1. The van der Waals surface area contributed by atoms with Gasteiger partial charge in [-0.25, -0.2) is 4.79 Å². The van der Waals surface area contributed by atoms with E-state index in [2.05, 4.69) is 4.98 Å². The second-order valence-electron chi connectivity index (χ2n) is 6.67. The molecule has 0 amide bonds. The van der Waals surface area contributed by atoms with Gasteiger partial charge in [0.05, 0.1) is 6.42 Å². The predicted molar refractivity (Wildman–Crippen MR) is 104 cm³/mol. The van der Waals surface area contributed by atoms with Gasteiger partial charge in [0.15, 0.2) is 0 Å². The van der Waals surface area contributed by atoms with Crippen molar-refractivity contribution >= 4 is 27.8 Å². The van der Waals surface area contributed by atoms with Crippen LogP contribution in [0.1, 0.15) is 22.3 Å². The monoisotopic (exact) mass is 361 g/mol. The van der Waals surface area contributed by atoms with Crippen molar-refractivity contribution < 1.29 is 13.9 Å². The molecule has 0 bridgehead atoms. The number of H-pyrrole nitrogens is 1. The molecule has 0 spiro atoms. The summed E-state index contributed by atoms with van der Waals surface area (Å²) in [6.45, 7) is 3.90. The third-order valence-electron chi connectivity index (χ3n) is 4.92. The van der Waals surface area contributed by atoms with E-state index < -0.39 is 5.63 Å². The van der Waals surface area contributed by atoms with Gasteiger partial charge >= 0.3 is 11.6 Å². The fourth-order valence-corrected chi connectivity index (χ4v) is 3.29. The number of carbonyl (C=O) groups excluding carboxylic acids is 1. The lowest BCUT2D eigenvalue weighted by Crippen LogP contribution is -2.10. The quantitative estimate of drug-likeness (QED) is 0.437. The first-order valence-electron chi connectivity index (χ1n) is 8.76. The first-order valence-corrected chi connectivity index (χ1v) is 8.76. The summed E-state index contributed by atoms with van der Waals surface area (Å²) in [6, 6.07) is 13.1. The van der Waals surface area contributed by atoms with Gasteiger partial charge in [-0.3, -0.25) is 4.79 Å². The maximum atomic E-state index is 12.3. The van der Waals surface area contributed by atoms with Crippen molar-refractivity contribution in [1.29, 1.82) is 0 Å². The molecule has 4 rings (SSSR count). The molecule has 2 aromatic heterocycles. The van der Waals surface area contributed by atoms with Crippen LogP contribution >= 0.6 is 0 Å². The highest BCUT2D eigenvalue weighted by Crippen LogP contribution is 2.24. The molecule has 0 fully saturated rings. The number of aromatic amines is 1. The Bertz CT molecular complexity index is 1220. The van der Waals surface area contributed by atoms with Gasteiger partial charge in [-0.15, -0.1) is 0 Å². The van der Waals surface area contributed by atoms with E-state index in [-0.39, 0.29) is 19.0 Å². The third-order valence-corrected chi connectivity index (χ3v) is 4.92. The van der Waals surface area contributed by atoms with Crippen LogP contribution in [0.3, 0.4) is 0 Å². The van der Waals surface area contributed by atoms with E-state index in [1.165, 1.54) is 6.07 Å². The Kier molecular flexibility index (Phi) is 4.28. The zero-order valence-electron chi connectivity index (χ0n) is 15.2. The molecule has 0 aliphatic heterocycles. The normalized spacial score (nSPS) is 11.2. The molecule has 0 aliphatic carbocycles. The van der Waals surface area contributed by atoms with E-state index in [9.17, 15) is 9.59 Å². The number of hydrogen-bond acceptors (Lipinski definition) is 4. The van der Waals surface area contributed by atoms with E-state index in [1.807, 2.05) is 56.4 Å². The first-order chi connectivity index (χ1) is 13.0. The Morgan fingerprint density at radius 3 is 2.74 bits per heavy atom. The van der Waals surface area contributed by atoms with Crippen molar-refractivity contribution in [2.24, 2.45) is 0 Å². The number of fused-ring (bicyclic) bond motifs is 2. The largest absolute Gasteiger partial charge is 0.461 e. The summed E-state index contributed by atoms with van der Waals surface area (Å²) in [5, 5.41) is 1.80. The average Bonchev–Trinajstić information content (AvgIpc) is 3.06. The lowest BCUT2D eigenvalue weighted by atomic mass is 10.0. The van der Waals surface area contributed by atoms with Crippen LogP contribution in [0.5, 0.6) is 0 Å². The minimum atomic E-state index is -0.445. The fraction of sp³-hybridized carbons (Fsp3) is 0.182. The molecule has 0 unspecified atom stereocenters. The standard InChI is InChI=1S/C22H19NO4/c1-13-7-8-18-16(10-21(25)27-22(18)14(13)2)12-26-20(24)9-15-11-23-19-6-4-3-5-17(15)19/h3-8,10-11,23H,9,12H2,1-2H3. The molecule has 4 aromatic rings. The van der Waals surface area contributed by atoms with Crippen molar-refractivity contribution in [3.63, 3.8) is 0 Å². The third kappa shape index (κ3) is 3.24. The molecule has 0 saturated carbocycles. The molecule has 5 heteroatoms. The summed E-state index contributed by atoms with van der Waals surface area (Å²) < 4.78 is 10.8. The van der Waals surface area contributed by atoms with Gasteiger partial charge in [-0.05, 0) is 36.6 Å². The summed E-state index contributed by atoms with van der Waals surface area (Å²) in [4.78, 5) is 27.4. The number of para-hydroxylation sites is 1.